The number of aryl methyl sites for hydroxylation is 1. The standard InChI is InChI=1S/C21H31N5O3S/c1-4-6-15-29-18-7-9-19(10-8-18)30(27,28)26-13-11-25(12-14-26)21-16-20(22-5-2)23-17(3)24-21/h7-10,16H,4-6,11-15H2,1-3H3,(H,22,23,24). The van der Waals surface area contributed by atoms with E-state index in [9.17, 15) is 8.42 Å². The van der Waals surface area contributed by atoms with E-state index in [4.69, 9.17) is 4.74 Å². The molecule has 1 aromatic carbocycles. The first kappa shape index (κ1) is 22.3. The van der Waals surface area contributed by atoms with E-state index in [1.54, 1.807) is 24.3 Å². The largest absolute Gasteiger partial charge is 0.494 e. The molecule has 164 valence electrons. The van der Waals surface area contributed by atoms with Crippen molar-refractivity contribution in [3.63, 3.8) is 0 Å². The molecular formula is C21H31N5O3S. The minimum atomic E-state index is -3.53. The Labute approximate surface area is 179 Å². The van der Waals surface area contributed by atoms with Crippen molar-refractivity contribution in [3.8, 4) is 5.75 Å². The summed E-state index contributed by atoms with van der Waals surface area (Å²) in [6.07, 6.45) is 2.04. The van der Waals surface area contributed by atoms with Crippen LogP contribution in [0.4, 0.5) is 11.6 Å². The van der Waals surface area contributed by atoms with Gasteiger partial charge >= 0.3 is 0 Å². The lowest BCUT2D eigenvalue weighted by atomic mass is 10.3. The molecule has 3 rings (SSSR count). The van der Waals surface area contributed by atoms with Gasteiger partial charge in [0.15, 0.2) is 0 Å². The number of nitrogens with zero attached hydrogens (tertiary/aromatic N) is 4. The van der Waals surface area contributed by atoms with E-state index >= 15 is 0 Å². The summed E-state index contributed by atoms with van der Waals surface area (Å²) in [6, 6.07) is 8.62. The summed E-state index contributed by atoms with van der Waals surface area (Å²) < 4.78 is 33.2. The number of sulfonamides is 1. The molecule has 0 amide bonds. The van der Waals surface area contributed by atoms with Gasteiger partial charge in [-0.15, -0.1) is 0 Å². The first-order chi connectivity index (χ1) is 14.4. The van der Waals surface area contributed by atoms with Gasteiger partial charge in [0.1, 0.15) is 23.2 Å². The topological polar surface area (TPSA) is 87.7 Å². The first-order valence-corrected chi connectivity index (χ1v) is 12.0. The maximum Gasteiger partial charge on any atom is 0.243 e. The second kappa shape index (κ2) is 10.1. The van der Waals surface area contributed by atoms with Crippen LogP contribution in [0, 0.1) is 6.92 Å². The SMILES string of the molecule is CCCCOc1ccc(S(=O)(=O)N2CCN(c3cc(NCC)nc(C)n3)CC2)cc1. The molecule has 0 bridgehead atoms. The molecule has 1 saturated heterocycles. The summed E-state index contributed by atoms with van der Waals surface area (Å²) in [6.45, 7) is 9.40. The van der Waals surface area contributed by atoms with E-state index in [0.717, 1.165) is 31.0 Å². The summed E-state index contributed by atoms with van der Waals surface area (Å²) >= 11 is 0. The van der Waals surface area contributed by atoms with E-state index in [2.05, 4.69) is 27.1 Å². The van der Waals surface area contributed by atoms with E-state index in [0.29, 0.717) is 49.3 Å². The Kier molecular flexibility index (Phi) is 7.49. The number of ether oxygens (including phenoxy) is 1. The van der Waals surface area contributed by atoms with Gasteiger partial charge in [-0.25, -0.2) is 18.4 Å². The van der Waals surface area contributed by atoms with Crippen LogP contribution in [-0.2, 0) is 10.0 Å². The highest BCUT2D eigenvalue weighted by atomic mass is 32.2. The number of anilines is 2. The summed E-state index contributed by atoms with van der Waals surface area (Å²) in [5.41, 5.74) is 0. The smallest absolute Gasteiger partial charge is 0.243 e. The maximum atomic E-state index is 13.0. The number of piperazine rings is 1. The molecule has 2 heterocycles. The predicted octanol–water partition coefficient (Wildman–Crippen LogP) is 2.91. The van der Waals surface area contributed by atoms with E-state index in [-0.39, 0.29) is 0 Å². The van der Waals surface area contributed by atoms with Crippen LogP contribution in [0.15, 0.2) is 35.2 Å². The molecule has 1 fully saturated rings. The third kappa shape index (κ3) is 5.40. The van der Waals surface area contributed by atoms with Gasteiger partial charge in [0.05, 0.1) is 11.5 Å². The highest BCUT2D eigenvalue weighted by Crippen LogP contribution is 2.23. The third-order valence-electron chi connectivity index (χ3n) is 4.97. The second-order valence-electron chi connectivity index (χ2n) is 7.25. The van der Waals surface area contributed by atoms with Crippen molar-refractivity contribution in [3.05, 3.63) is 36.2 Å². The zero-order valence-corrected chi connectivity index (χ0v) is 18.8. The number of nitrogens with one attached hydrogen (secondary N) is 1. The first-order valence-electron chi connectivity index (χ1n) is 10.5. The Morgan fingerprint density at radius 3 is 2.40 bits per heavy atom. The van der Waals surface area contributed by atoms with Crippen molar-refractivity contribution in [2.24, 2.45) is 0 Å². The molecule has 0 aliphatic carbocycles. The van der Waals surface area contributed by atoms with Crippen molar-refractivity contribution >= 4 is 21.7 Å². The summed E-state index contributed by atoms with van der Waals surface area (Å²) in [7, 11) is -3.53. The molecule has 8 nitrogen and oxygen atoms in total. The van der Waals surface area contributed by atoms with Crippen LogP contribution >= 0.6 is 0 Å². The van der Waals surface area contributed by atoms with Crippen molar-refractivity contribution in [2.45, 2.75) is 38.5 Å². The lowest BCUT2D eigenvalue weighted by Gasteiger charge is -2.34. The molecule has 0 spiro atoms. The Bertz CT molecular complexity index is 926. The van der Waals surface area contributed by atoms with Crippen LogP contribution in [0.3, 0.4) is 0 Å². The summed E-state index contributed by atoms with van der Waals surface area (Å²) in [5.74, 6) is 3.00. The number of rotatable bonds is 9. The lowest BCUT2D eigenvalue weighted by Crippen LogP contribution is -2.49. The van der Waals surface area contributed by atoms with Gasteiger partial charge in [0, 0.05) is 38.8 Å². The maximum absolute atomic E-state index is 13.0. The minimum Gasteiger partial charge on any atom is -0.494 e. The van der Waals surface area contributed by atoms with Crippen molar-refractivity contribution in [1.29, 1.82) is 0 Å². The van der Waals surface area contributed by atoms with Crippen molar-refractivity contribution in [2.75, 3.05) is 49.5 Å². The molecule has 9 heteroatoms. The molecule has 2 aromatic rings. The molecule has 0 saturated carbocycles. The van der Waals surface area contributed by atoms with Gasteiger partial charge in [0.2, 0.25) is 10.0 Å². The van der Waals surface area contributed by atoms with Crippen LogP contribution in [0.5, 0.6) is 5.75 Å². The Hall–Kier alpha value is -2.39. The fraction of sp³-hybridized carbons (Fsp3) is 0.524. The molecule has 30 heavy (non-hydrogen) atoms. The van der Waals surface area contributed by atoms with Crippen molar-refractivity contribution in [1.82, 2.24) is 14.3 Å². The van der Waals surface area contributed by atoms with Gasteiger partial charge in [-0.1, -0.05) is 13.3 Å². The average molecular weight is 434 g/mol. The molecule has 1 aliphatic rings. The van der Waals surface area contributed by atoms with E-state index < -0.39 is 10.0 Å². The van der Waals surface area contributed by atoms with E-state index in [1.807, 2.05) is 19.9 Å². The average Bonchev–Trinajstić information content (AvgIpc) is 2.74. The summed E-state index contributed by atoms with van der Waals surface area (Å²) in [5, 5.41) is 3.21. The summed E-state index contributed by atoms with van der Waals surface area (Å²) in [4.78, 5) is 11.3. The fourth-order valence-electron chi connectivity index (χ4n) is 3.33. The second-order valence-corrected chi connectivity index (χ2v) is 9.19. The Morgan fingerprint density at radius 2 is 1.77 bits per heavy atom. The van der Waals surface area contributed by atoms with Gasteiger partial charge in [-0.05, 0) is 44.5 Å². The number of hydrogen-bond acceptors (Lipinski definition) is 7. The van der Waals surface area contributed by atoms with Gasteiger partial charge in [0.25, 0.3) is 0 Å². The van der Waals surface area contributed by atoms with E-state index in [1.165, 1.54) is 4.31 Å². The number of aromatic nitrogens is 2. The lowest BCUT2D eigenvalue weighted by molar-refractivity contribution is 0.309. The zero-order chi connectivity index (χ0) is 21.6. The van der Waals surface area contributed by atoms with Crippen LogP contribution in [-0.4, -0.2) is 62.0 Å². The molecule has 1 aliphatic heterocycles. The van der Waals surface area contributed by atoms with Gasteiger partial charge in [-0.3, -0.25) is 0 Å². The highest BCUT2D eigenvalue weighted by molar-refractivity contribution is 7.89. The van der Waals surface area contributed by atoms with Crippen LogP contribution in [0.25, 0.3) is 0 Å². The molecule has 0 atom stereocenters. The van der Waals surface area contributed by atoms with Gasteiger partial charge < -0.3 is 15.0 Å². The molecular weight excluding hydrogens is 402 g/mol. The minimum absolute atomic E-state index is 0.297. The third-order valence-corrected chi connectivity index (χ3v) is 6.89. The normalized spacial score (nSPS) is 15.2. The zero-order valence-electron chi connectivity index (χ0n) is 18.0. The highest BCUT2D eigenvalue weighted by Gasteiger charge is 2.29. The van der Waals surface area contributed by atoms with Crippen LogP contribution in [0.1, 0.15) is 32.5 Å². The Balaban J connectivity index is 1.64. The monoisotopic (exact) mass is 433 g/mol. The number of unbranched alkanes of at least 4 members (excludes halogenated alkanes) is 1. The number of hydrogen-bond donors (Lipinski definition) is 1. The quantitative estimate of drug-likeness (QED) is 0.608. The predicted molar refractivity (Wildman–Crippen MR) is 119 cm³/mol. The van der Waals surface area contributed by atoms with Gasteiger partial charge in [-0.2, -0.15) is 4.31 Å². The van der Waals surface area contributed by atoms with Crippen LogP contribution in [0.2, 0.25) is 0 Å². The Morgan fingerprint density at radius 1 is 1.07 bits per heavy atom. The number of benzene rings is 1. The van der Waals surface area contributed by atoms with Crippen molar-refractivity contribution < 1.29 is 13.2 Å². The fourth-order valence-corrected chi connectivity index (χ4v) is 4.76. The molecule has 1 N–H and O–H groups in total. The molecule has 0 radical (unpaired) electrons. The van der Waals surface area contributed by atoms with Crippen LogP contribution < -0.4 is 15.0 Å². The molecule has 0 unspecified atom stereocenters. The molecule has 1 aromatic heterocycles.